The number of dihydropyridines is 1. The van der Waals surface area contributed by atoms with Gasteiger partial charge >= 0.3 is 11.9 Å². The summed E-state index contributed by atoms with van der Waals surface area (Å²) in [4.78, 5) is 25.3. The molecule has 0 saturated heterocycles. The van der Waals surface area contributed by atoms with Gasteiger partial charge in [-0.05, 0) is 25.5 Å². The molecule has 0 saturated carbocycles. The Hall–Kier alpha value is -2.73. The summed E-state index contributed by atoms with van der Waals surface area (Å²) in [7, 11) is 1.29. The average molecular weight is 392 g/mol. The smallest absolute Gasteiger partial charge is 0.336 e. The van der Waals surface area contributed by atoms with Gasteiger partial charge in [0.05, 0.1) is 42.7 Å². The molecule has 0 radical (unpaired) electrons. The zero-order valence-electron chi connectivity index (χ0n) is 15.5. The van der Waals surface area contributed by atoms with Crippen molar-refractivity contribution < 1.29 is 23.8 Å². The molecular weight excluding hydrogens is 370 g/mol. The number of methoxy groups -OCH3 is 1. The Morgan fingerprint density at radius 3 is 2.56 bits per heavy atom. The summed E-state index contributed by atoms with van der Waals surface area (Å²) in [6.07, 6.45) is 1.27. The molecule has 0 aromatic heterocycles. The highest BCUT2D eigenvalue weighted by atomic mass is 35.5. The minimum absolute atomic E-state index is 0.0599. The van der Waals surface area contributed by atoms with Crippen LogP contribution in [0.4, 0.5) is 0 Å². The minimum Gasteiger partial charge on any atom is -0.496 e. The third-order valence-corrected chi connectivity index (χ3v) is 4.45. The minimum atomic E-state index is -0.755. The second-order valence-corrected chi connectivity index (χ2v) is 6.11. The van der Waals surface area contributed by atoms with Gasteiger partial charge in [-0.1, -0.05) is 36.4 Å². The van der Waals surface area contributed by atoms with Crippen LogP contribution in [0.2, 0.25) is 5.02 Å². The summed E-state index contributed by atoms with van der Waals surface area (Å²) in [5, 5.41) is 3.49. The molecule has 27 heavy (non-hydrogen) atoms. The number of allylic oxidation sites excluding steroid dienone is 1. The molecule has 1 unspecified atom stereocenters. The molecule has 1 N–H and O–H groups in total. The lowest BCUT2D eigenvalue weighted by molar-refractivity contribution is -0.139. The van der Waals surface area contributed by atoms with Crippen LogP contribution in [-0.4, -0.2) is 32.3 Å². The summed E-state index contributed by atoms with van der Waals surface area (Å²) in [5.41, 5.74) is 2.15. The van der Waals surface area contributed by atoms with Gasteiger partial charge in [0.1, 0.15) is 6.61 Å². The average Bonchev–Trinajstić information content (AvgIpc) is 2.65. The Morgan fingerprint density at radius 1 is 1.26 bits per heavy atom. The van der Waals surface area contributed by atoms with E-state index in [0.29, 0.717) is 22.0 Å². The number of carbonyl (C=O) groups excluding carboxylic acids is 2. The predicted octanol–water partition coefficient (Wildman–Crippen LogP) is 3.45. The van der Waals surface area contributed by atoms with Gasteiger partial charge in [0.2, 0.25) is 0 Å². The van der Waals surface area contributed by atoms with Gasteiger partial charge in [-0.15, -0.1) is 0 Å². The molecule has 1 aromatic rings. The molecule has 0 amide bonds. The number of nitrogens with one attached hydrogen (secondary N) is 1. The zero-order chi connectivity index (χ0) is 20.0. The Bertz CT molecular complexity index is 812. The van der Waals surface area contributed by atoms with E-state index in [2.05, 4.69) is 11.9 Å². The van der Waals surface area contributed by atoms with E-state index in [4.69, 9.17) is 25.8 Å². The third-order valence-electron chi connectivity index (χ3n) is 4.11. The highest BCUT2D eigenvalue weighted by Crippen LogP contribution is 2.41. The Kier molecular flexibility index (Phi) is 7.07. The van der Waals surface area contributed by atoms with Gasteiger partial charge in [-0.3, -0.25) is 0 Å². The van der Waals surface area contributed by atoms with Crippen LogP contribution in [0.5, 0.6) is 0 Å². The van der Waals surface area contributed by atoms with E-state index < -0.39 is 17.9 Å². The molecule has 1 aliphatic heterocycles. The number of carbonyl (C=O) groups is 2. The number of halogens is 1. The summed E-state index contributed by atoms with van der Waals surface area (Å²) in [5.74, 6) is -1.88. The molecule has 1 aromatic carbocycles. The predicted molar refractivity (Wildman–Crippen MR) is 102 cm³/mol. The van der Waals surface area contributed by atoms with Crippen molar-refractivity contribution in [1.29, 1.82) is 0 Å². The van der Waals surface area contributed by atoms with Crippen LogP contribution in [0.1, 0.15) is 25.3 Å². The zero-order valence-corrected chi connectivity index (χ0v) is 16.3. The Labute approximate surface area is 163 Å². The van der Waals surface area contributed by atoms with Crippen LogP contribution in [0.15, 0.2) is 59.6 Å². The van der Waals surface area contributed by atoms with Crippen molar-refractivity contribution in [2.45, 2.75) is 19.8 Å². The SMILES string of the molecule is C=COCC1=C(C(=O)OCC)C(c2ccccc2Cl)C(C(=O)OC)=C(C)N1. The molecule has 1 heterocycles. The van der Waals surface area contributed by atoms with Crippen molar-refractivity contribution >= 4 is 23.5 Å². The highest BCUT2D eigenvalue weighted by Gasteiger charge is 2.39. The van der Waals surface area contributed by atoms with E-state index in [9.17, 15) is 9.59 Å². The second-order valence-electron chi connectivity index (χ2n) is 5.70. The van der Waals surface area contributed by atoms with Crippen molar-refractivity contribution in [2.24, 2.45) is 0 Å². The molecule has 0 bridgehead atoms. The molecule has 0 spiro atoms. The van der Waals surface area contributed by atoms with Crippen LogP contribution < -0.4 is 5.32 Å². The highest BCUT2D eigenvalue weighted by molar-refractivity contribution is 6.31. The standard InChI is InChI=1S/C20H22ClNO5/c1-5-26-11-15-18(20(24)27-6-2)17(13-9-7-8-10-14(13)21)16(12(3)22-15)19(23)25-4/h5,7-10,17,22H,1,6,11H2,2-4H3. The fourth-order valence-corrected chi connectivity index (χ4v) is 3.25. The fraction of sp³-hybridized carbons (Fsp3) is 0.300. The third kappa shape index (κ3) is 4.34. The molecule has 1 atom stereocenters. The van der Waals surface area contributed by atoms with E-state index in [-0.39, 0.29) is 24.4 Å². The number of hydrogen-bond acceptors (Lipinski definition) is 6. The molecule has 0 fully saturated rings. The van der Waals surface area contributed by atoms with Crippen molar-refractivity contribution in [3.63, 3.8) is 0 Å². The first-order valence-electron chi connectivity index (χ1n) is 8.39. The molecular formula is C20H22ClNO5. The van der Waals surface area contributed by atoms with Crippen LogP contribution in [-0.2, 0) is 23.8 Å². The van der Waals surface area contributed by atoms with Gasteiger partial charge in [-0.25, -0.2) is 9.59 Å². The number of ether oxygens (including phenoxy) is 3. The maximum atomic E-state index is 12.8. The maximum absolute atomic E-state index is 12.8. The van der Waals surface area contributed by atoms with Crippen molar-refractivity contribution in [3.05, 3.63) is 70.2 Å². The molecule has 2 rings (SSSR count). The first kappa shape index (κ1) is 20.6. The number of benzene rings is 1. The van der Waals surface area contributed by atoms with Gasteiger partial charge in [0, 0.05) is 10.7 Å². The van der Waals surface area contributed by atoms with E-state index in [1.54, 1.807) is 38.1 Å². The quantitative estimate of drug-likeness (QED) is 0.567. The van der Waals surface area contributed by atoms with Gasteiger partial charge < -0.3 is 19.5 Å². The maximum Gasteiger partial charge on any atom is 0.336 e. The summed E-state index contributed by atoms with van der Waals surface area (Å²) in [6, 6.07) is 7.03. The monoisotopic (exact) mass is 391 g/mol. The summed E-state index contributed by atoms with van der Waals surface area (Å²) in [6.45, 7) is 7.20. The van der Waals surface area contributed by atoms with E-state index in [1.165, 1.54) is 13.4 Å². The van der Waals surface area contributed by atoms with E-state index in [0.717, 1.165) is 0 Å². The lowest BCUT2D eigenvalue weighted by atomic mass is 9.80. The van der Waals surface area contributed by atoms with Gasteiger partial charge in [0.25, 0.3) is 0 Å². The van der Waals surface area contributed by atoms with Crippen molar-refractivity contribution in [3.8, 4) is 0 Å². The molecule has 6 nitrogen and oxygen atoms in total. The molecule has 7 heteroatoms. The summed E-state index contributed by atoms with van der Waals surface area (Å²) >= 11 is 6.40. The lowest BCUT2D eigenvalue weighted by Gasteiger charge is -2.31. The van der Waals surface area contributed by atoms with Crippen molar-refractivity contribution in [2.75, 3.05) is 20.3 Å². The molecule has 144 valence electrons. The van der Waals surface area contributed by atoms with Crippen LogP contribution in [0.25, 0.3) is 0 Å². The first-order chi connectivity index (χ1) is 13.0. The second kappa shape index (κ2) is 9.28. The Balaban J connectivity index is 2.73. The van der Waals surface area contributed by atoms with Gasteiger partial charge in [-0.2, -0.15) is 0 Å². The van der Waals surface area contributed by atoms with E-state index in [1.807, 2.05) is 0 Å². The fourth-order valence-electron chi connectivity index (χ4n) is 3.00. The number of esters is 2. The Morgan fingerprint density at radius 2 is 1.96 bits per heavy atom. The molecule has 0 aliphatic carbocycles. The lowest BCUT2D eigenvalue weighted by Crippen LogP contribution is -2.34. The first-order valence-corrected chi connectivity index (χ1v) is 8.77. The molecule has 1 aliphatic rings. The van der Waals surface area contributed by atoms with Crippen LogP contribution in [0, 0.1) is 0 Å². The largest absolute Gasteiger partial charge is 0.496 e. The van der Waals surface area contributed by atoms with E-state index >= 15 is 0 Å². The number of hydrogen-bond donors (Lipinski definition) is 1. The topological polar surface area (TPSA) is 73.9 Å². The van der Waals surface area contributed by atoms with Crippen LogP contribution >= 0.6 is 11.6 Å². The van der Waals surface area contributed by atoms with Crippen molar-refractivity contribution in [1.82, 2.24) is 5.32 Å². The van der Waals surface area contributed by atoms with Crippen LogP contribution in [0.3, 0.4) is 0 Å². The number of rotatable bonds is 7. The normalized spacial score (nSPS) is 16.5. The van der Waals surface area contributed by atoms with Gasteiger partial charge in [0.15, 0.2) is 0 Å². The summed E-state index contributed by atoms with van der Waals surface area (Å²) < 4.78 is 15.5.